The standard InChI is InChI=1S/C27H9IN4O4/c1-30-17-8-16-21-15(26(35)32(28)27(16)36)7-10(9-29)18-11-3-5-13-20-14(25(34)31(2)24(13)33)6-4-12(19(11)20)22(17)23(18)21/h3-8H,2H3. The Labute approximate surface area is 215 Å². The summed E-state index contributed by atoms with van der Waals surface area (Å²) in [4.78, 5) is 56.9. The summed E-state index contributed by atoms with van der Waals surface area (Å²) in [6.45, 7) is 7.90. The van der Waals surface area contributed by atoms with Crippen molar-refractivity contribution in [1.82, 2.24) is 8.01 Å². The van der Waals surface area contributed by atoms with Crippen LogP contribution in [0.15, 0.2) is 36.4 Å². The van der Waals surface area contributed by atoms with Crippen molar-refractivity contribution in [3.05, 3.63) is 75.6 Å². The number of fused-ring (bicyclic) bond motifs is 2. The van der Waals surface area contributed by atoms with Gasteiger partial charge in [-0.25, -0.2) is 7.96 Å². The van der Waals surface area contributed by atoms with Gasteiger partial charge in [-0.15, -0.1) is 0 Å². The fourth-order valence-corrected chi connectivity index (χ4v) is 6.23. The maximum Gasteiger partial charge on any atom is 0.270 e. The fourth-order valence-electron chi connectivity index (χ4n) is 5.71. The molecule has 5 aromatic rings. The van der Waals surface area contributed by atoms with Gasteiger partial charge in [0.15, 0.2) is 5.69 Å². The van der Waals surface area contributed by atoms with Gasteiger partial charge in [0, 0.05) is 39.9 Å². The number of hydrogen-bond donors (Lipinski definition) is 0. The van der Waals surface area contributed by atoms with Gasteiger partial charge in [0.1, 0.15) is 0 Å². The van der Waals surface area contributed by atoms with Crippen LogP contribution in [0.3, 0.4) is 0 Å². The third-order valence-electron chi connectivity index (χ3n) is 7.21. The van der Waals surface area contributed by atoms with Crippen LogP contribution in [0.5, 0.6) is 0 Å². The molecule has 0 spiro atoms. The molecule has 0 unspecified atom stereocenters. The highest BCUT2D eigenvalue weighted by Gasteiger charge is 2.37. The lowest BCUT2D eigenvalue weighted by atomic mass is 9.80. The molecule has 2 aliphatic rings. The van der Waals surface area contributed by atoms with Crippen LogP contribution in [0.4, 0.5) is 5.69 Å². The van der Waals surface area contributed by atoms with E-state index in [2.05, 4.69) is 10.9 Å². The highest BCUT2D eigenvalue weighted by atomic mass is 127. The van der Waals surface area contributed by atoms with Crippen molar-refractivity contribution in [1.29, 1.82) is 5.26 Å². The first kappa shape index (κ1) is 20.7. The molecule has 2 heterocycles. The third-order valence-corrected chi connectivity index (χ3v) is 8.09. The molecule has 168 valence electrons. The van der Waals surface area contributed by atoms with Crippen molar-refractivity contribution in [3.63, 3.8) is 0 Å². The lowest BCUT2D eigenvalue weighted by molar-refractivity contribution is 0.0648. The monoisotopic (exact) mass is 580 g/mol. The largest absolute Gasteiger partial charge is 0.277 e. The maximum atomic E-state index is 13.1. The van der Waals surface area contributed by atoms with Gasteiger partial charge in [-0.05, 0) is 51.2 Å². The highest BCUT2D eigenvalue weighted by Crippen LogP contribution is 2.50. The summed E-state index contributed by atoms with van der Waals surface area (Å²) in [5.41, 5.74) is 1.54. The molecule has 0 aliphatic carbocycles. The lowest BCUT2D eigenvalue weighted by Gasteiger charge is -2.28. The second kappa shape index (κ2) is 6.53. The second-order valence-corrected chi connectivity index (χ2v) is 9.74. The zero-order valence-electron chi connectivity index (χ0n) is 18.3. The summed E-state index contributed by atoms with van der Waals surface area (Å²) >= 11 is 1.64. The van der Waals surface area contributed by atoms with E-state index in [4.69, 9.17) is 6.57 Å². The van der Waals surface area contributed by atoms with Crippen LogP contribution in [0.2, 0.25) is 0 Å². The Bertz CT molecular complexity index is 1940. The summed E-state index contributed by atoms with van der Waals surface area (Å²) in [5, 5.41) is 14.3. The van der Waals surface area contributed by atoms with E-state index < -0.39 is 23.6 Å². The number of carbonyl (C=O) groups excluding carboxylic acids is 4. The van der Waals surface area contributed by atoms with E-state index in [0.717, 1.165) is 8.01 Å². The third kappa shape index (κ3) is 2.13. The van der Waals surface area contributed by atoms with Crippen molar-refractivity contribution in [2.75, 3.05) is 7.05 Å². The molecular formula is C27H9IN4O4. The second-order valence-electron chi connectivity index (χ2n) is 8.77. The van der Waals surface area contributed by atoms with Gasteiger partial charge < -0.3 is 0 Å². The van der Waals surface area contributed by atoms with E-state index in [1.807, 2.05) is 0 Å². The molecule has 0 bridgehead atoms. The van der Waals surface area contributed by atoms with E-state index in [9.17, 15) is 24.4 Å². The van der Waals surface area contributed by atoms with Crippen molar-refractivity contribution < 1.29 is 19.2 Å². The van der Waals surface area contributed by atoms with Crippen LogP contribution >= 0.6 is 22.9 Å². The predicted octanol–water partition coefficient (Wildman–Crippen LogP) is 5.33. The summed E-state index contributed by atoms with van der Waals surface area (Å²) in [6.07, 6.45) is 0. The molecule has 0 N–H and O–H groups in total. The number of rotatable bonds is 0. The summed E-state index contributed by atoms with van der Waals surface area (Å²) in [7, 11) is 1.43. The molecular weight excluding hydrogens is 571 g/mol. The van der Waals surface area contributed by atoms with Gasteiger partial charge in [-0.3, -0.25) is 24.1 Å². The average molecular weight is 580 g/mol. The Morgan fingerprint density at radius 1 is 0.750 bits per heavy atom. The van der Waals surface area contributed by atoms with Gasteiger partial charge in [-0.2, -0.15) is 5.26 Å². The molecule has 0 atom stereocenters. The molecule has 8 nitrogen and oxygen atoms in total. The Balaban J connectivity index is 1.87. The average Bonchev–Trinajstić information content (AvgIpc) is 2.90. The first-order valence-corrected chi connectivity index (χ1v) is 11.7. The molecule has 7 rings (SSSR count). The van der Waals surface area contributed by atoms with E-state index in [-0.39, 0.29) is 22.4 Å². The molecule has 0 saturated carbocycles. The molecule has 0 saturated heterocycles. The highest BCUT2D eigenvalue weighted by molar-refractivity contribution is 14.1. The zero-order valence-corrected chi connectivity index (χ0v) is 20.4. The Morgan fingerprint density at radius 2 is 1.31 bits per heavy atom. The minimum absolute atomic E-state index is 0.184. The Morgan fingerprint density at radius 3 is 1.89 bits per heavy atom. The first-order valence-electron chi connectivity index (χ1n) is 10.7. The number of nitrogens with zero attached hydrogens (tertiary/aromatic N) is 4. The number of carbonyl (C=O) groups is 4. The Kier molecular flexibility index (Phi) is 3.76. The van der Waals surface area contributed by atoms with Gasteiger partial charge >= 0.3 is 0 Å². The molecule has 0 aromatic heterocycles. The van der Waals surface area contributed by atoms with Gasteiger partial charge in [0.25, 0.3) is 23.6 Å². The SMILES string of the molecule is [C-]#[N+]c1cc2c3c(cc(C#N)c4c5ccc6c7c(ccc(c1c34)c75)C(=O)N(C)C6=O)C(=O)N(I)C2=O. The maximum absolute atomic E-state index is 13.1. The number of imide groups is 2. The molecule has 0 fully saturated rings. The number of hydrogen-bond acceptors (Lipinski definition) is 5. The van der Waals surface area contributed by atoms with E-state index in [0.29, 0.717) is 54.2 Å². The number of halogens is 1. The van der Waals surface area contributed by atoms with Crippen LogP contribution < -0.4 is 0 Å². The van der Waals surface area contributed by atoms with Crippen LogP contribution in [0.25, 0.3) is 47.9 Å². The van der Waals surface area contributed by atoms with Crippen molar-refractivity contribution in [2.45, 2.75) is 0 Å². The minimum atomic E-state index is -0.534. The van der Waals surface area contributed by atoms with Crippen molar-refractivity contribution in [3.8, 4) is 6.07 Å². The topological polar surface area (TPSA) is 103 Å². The molecule has 0 radical (unpaired) electrons. The van der Waals surface area contributed by atoms with Gasteiger partial charge in [0.2, 0.25) is 0 Å². The van der Waals surface area contributed by atoms with Gasteiger partial charge in [0.05, 0.1) is 46.6 Å². The quantitative estimate of drug-likeness (QED) is 0.0616. The molecule has 9 heteroatoms. The molecule has 4 amide bonds. The van der Waals surface area contributed by atoms with Crippen LogP contribution in [0.1, 0.15) is 47.0 Å². The van der Waals surface area contributed by atoms with Crippen LogP contribution in [-0.2, 0) is 0 Å². The summed E-state index contributed by atoms with van der Waals surface area (Å²) < 4.78 is 0.960. The number of amides is 4. The lowest BCUT2D eigenvalue weighted by Crippen LogP contribution is -2.36. The van der Waals surface area contributed by atoms with Crippen molar-refractivity contribution in [2.24, 2.45) is 0 Å². The van der Waals surface area contributed by atoms with E-state index >= 15 is 0 Å². The fraction of sp³-hybridized carbons (Fsp3) is 0.0370. The molecule has 36 heavy (non-hydrogen) atoms. The summed E-state index contributed by atoms with van der Waals surface area (Å²) in [6, 6.07) is 11.9. The zero-order chi connectivity index (χ0) is 25.2. The first-order chi connectivity index (χ1) is 17.3. The Hall–Kier alpha value is -4.61. The predicted molar refractivity (Wildman–Crippen MR) is 140 cm³/mol. The van der Waals surface area contributed by atoms with E-state index in [1.165, 1.54) is 19.2 Å². The number of nitriles is 1. The summed E-state index contributed by atoms with van der Waals surface area (Å²) in [5.74, 6) is -1.93. The number of benzene rings is 5. The molecule has 2 aliphatic heterocycles. The van der Waals surface area contributed by atoms with Crippen LogP contribution in [0, 0.1) is 17.9 Å². The van der Waals surface area contributed by atoms with Crippen LogP contribution in [-0.4, -0.2) is 38.7 Å². The molecule has 5 aromatic carbocycles. The van der Waals surface area contributed by atoms with Crippen molar-refractivity contribution >= 4 is 95.3 Å². The minimum Gasteiger partial charge on any atom is -0.277 e. The van der Waals surface area contributed by atoms with Gasteiger partial charge in [-0.1, -0.05) is 12.1 Å². The normalized spacial score (nSPS) is 15.0. The smallest absolute Gasteiger partial charge is 0.270 e. The van der Waals surface area contributed by atoms with E-state index in [1.54, 1.807) is 47.1 Å².